The van der Waals surface area contributed by atoms with Crippen molar-refractivity contribution in [3.05, 3.63) is 54.1 Å². The van der Waals surface area contributed by atoms with Crippen LogP contribution < -0.4 is 5.30 Å². The van der Waals surface area contributed by atoms with Gasteiger partial charge in [0.25, 0.3) is 0 Å². The smallest absolute Gasteiger partial charge is 0.0104 e. The largest absolute Gasteiger partial charge is 0.0683 e. The highest BCUT2D eigenvalue weighted by atomic mass is 31.1. The molecule has 0 aliphatic heterocycles. The molecule has 0 radical (unpaired) electrons. The van der Waals surface area contributed by atoms with Gasteiger partial charge in [-0.05, 0) is 64.9 Å². The predicted octanol–water partition coefficient (Wildman–Crippen LogP) is 8.25. The van der Waals surface area contributed by atoms with E-state index in [-0.39, 0.29) is 7.92 Å². The van der Waals surface area contributed by atoms with E-state index in [2.05, 4.69) is 62.4 Å². The van der Waals surface area contributed by atoms with Crippen LogP contribution >= 0.6 is 7.92 Å². The van der Waals surface area contributed by atoms with E-state index in [1.807, 2.05) is 0 Å². The molecule has 0 amide bonds. The quantitative estimate of drug-likeness (QED) is 0.449. The van der Waals surface area contributed by atoms with Gasteiger partial charge in [-0.25, -0.2) is 0 Å². The lowest BCUT2D eigenvalue weighted by atomic mass is 9.93. The molecule has 0 N–H and O–H groups in total. The molecule has 2 aliphatic carbocycles. The Morgan fingerprint density at radius 1 is 0.643 bits per heavy atom. The van der Waals surface area contributed by atoms with Crippen molar-refractivity contribution in [3.63, 3.8) is 0 Å². The van der Waals surface area contributed by atoms with E-state index in [1.54, 1.807) is 10.9 Å². The second kappa shape index (κ2) is 9.58. The zero-order valence-electron chi connectivity index (χ0n) is 17.9. The molecule has 2 aromatic rings. The lowest BCUT2D eigenvalue weighted by Gasteiger charge is -2.39. The minimum Gasteiger partial charge on any atom is -0.0683 e. The maximum atomic E-state index is 2.52. The summed E-state index contributed by atoms with van der Waals surface area (Å²) in [5, 5.41) is 1.73. The highest BCUT2D eigenvalue weighted by Crippen LogP contribution is 2.56. The Hall–Kier alpha value is -1.13. The topological polar surface area (TPSA) is 0 Å². The normalized spacial score (nSPS) is 19.4. The summed E-state index contributed by atoms with van der Waals surface area (Å²) in [5.41, 5.74) is 6.47. The van der Waals surface area contributed by atoms with E-state index in [1.165, 1.54) is 75.3 Å². The van der Waals surface area contributed by atoms with Crippen LogP contribution in [0.5, 0.6) is 0 Å². The standard InChI is InChI=1S/C27H37P/c1-21(2)24-17-9-10-18-25(24)26-19-11-12-20-27(26)28(22-13-5-3-6-14-22)23-15-7-4-8-16-23/h9-12,17-23H,3-8,13-16H2,1-2H3. The monoisotopic (exact) mass is 392 g/mol. The first-order valence-corrected chi connectivity index (χ1v) is 13.2. The summed E-state index contributed by atoms with van der Waals surface area (Å²) in [5.74, 6) is 0.569. The van der Waals surface area contributed by atoms with Crippen LogP contribution in [0, 0.1) is 0 Å². The van der Waals surface area contributed by atoms with Gasteiger partial charge in [-0.3, -0.25) is 0 Å². The van der Waals surface area contributed by atoms with E-state index in [0.29, 0.717) is 5.92 Å². The third kappa shape index (κ3) is 4.38. The maximum Gasteiger partial charge on any atom is -0.0104 e. The Balaban J connectivity index is 1.79. The van der Waals surface area contributed by atoms with Crippen LogP contribution in [0.25, 0.3) is 11.1 Å². The molecule has 4 rings (SSSR count). The lowest BCUT2D eigenvalue weighted by Crippen LogP contribution is -2.27. The molecule has 150 valence electrons. The summed E-state index contributed by atoms with van der Waals surface area (Å²) in [6.45, 7) is 4.68. The van der Waals surface area contributed by atoms with Gasteiger partial charge in [0.15, 0.2) is 0 Å². The summed E-state index contributed by atoms with van der Waals surface area (Å²) in [6, 6.07) is 18.7. The van der Waals surface area contributed by atoms with E-state index < -0.39 is 0 Å². The van der Waals surface area contributed by atoms with Crippen LogP contribution in [-0.2, 0) is 0 Å². The van der Waals surface area contributed by atoms with E-state index in [0.717, 1.165) is 11.3 Å². The Bertz CT molecular complexity index is 732. The molecular formula is C27H37P. The highest BCUT2D eigenvalue weighted by Gasteiger charge is 2.33. The number of hydrogen-bond donors (Lipinski definition) is 0. The van der Waals surface area contributed by atoms with Crippen molar-refractivity contribution in [3.8, 4) is 11.1 Å². The van der Waals surface area contributed by atoms with Crippen LogP contribution in [0.1, 0.15) is 89.5 Å². The van der Waals surface area contributed by atoms with E-state index in [4.69, 9.17) is 0 Å². The van der Waals surface area contributed by atoms with E-state index in [9.17, 15) is 0 Å². The fourth-order valence-corrected chi connectivity index (χ4v) is 9.54. The molecule has 0 unspecified atom stereocenters. The van der Waals surface area contributed by atoms with Gasteiger partial charge < -0.3 is 0 Å². The van der Waals surface area contributed by atoms with Gasteiger partial charge in [-0.15, -0.1) is 0 Å². The molecule has 0 bridgehead atoms. The van der Waals surface area contributed by atoms with Crippen molar-refractivity contribution in [2.45, 2.75) is 95.3 Å². The van der Waals surface area contributed by atoms with Gasteiger partial charge in [-0.2, -0.15) is 0 Å². The van der Waals surface area contributed by atoms with Crippen molar-refractivity contribution in [1.82, 2.24) is 0 Å². The first-order chi connectivity index (χ1) is 13.8. The molecule has 2 fully saturated rings. The van der Waals surface area contributed by atoms with E-state index >= 15 is 0 Å². The highest BCUT2D eigenvalue weighted by molar-refractivity contribution is 7.67. The van der Waals surface area contributed by atoms with Gasteiger partial charge >= 0.3 is 0 Å². The molecular weight excluding hydrogens is 355 g/mol. The van der Waals surface area contributed by atoms with Crippen molar-refractivity contribution < 1.29 is 0 Å². The summed E-state index contributed by atoms with van der Waals surface area (Å²) in [7, 11) is -0.0682. The molecule has 0 nitrogen and oxygen atoms in total. The fraction of sp³-hybridized carbons (Fsp3) is 0.556. The van der Waals surface area contributed by atoms with Crippen molar-refractivity contribution in [2.75, 3.05) is 0 Å². The molecule has 2 saturated carbocycles. The van der Waals surface area contributed by atoms with Crippen molar-refractivity contribution in [2.24, 2.45) is 0 Å². The van der Waals surface area contributed by atoms with Crippen LogP contribution in [0.15, 0.2) is 48.5 Å². The SMILES string of the molecule is CC(C)c1ccccc1-c1ccccc1P(C1CCCCC1)C1CCCCC1. The predicted molar refractivity (Wildman–Crippen MR) is 126 cm³/mol. The second-order valence-electron chi connectivity index (χ2n) is 9.25. The Morgan fingerprint density at radius 3 is 1.71 bits per heavy atom. The molecule has 0 aromatic heterocycles. The third-order valence-electron chi connectivity index (χ3n) is 6.99. The van der Waals surface area contributed by atoms with Crippen molar-refractivity contribution >= 4 is 13.2 Å². The molecule has 28 heavy (non-hydrogen) atoms. The lowest BCUT2D eigenvalue weighted by molar-refractivity contribution is 0.487. The maximum absolute atomic E-state index is 2.52. The minimum atomic E-state index is -0.0682. The van der Waals surface area contributed by atoms with Gasteiger partial charge in [0.2, 0.25) is 0 Å². The summed E-state index contributed by atoms with van der Waals surface area (Å²) in [4.78, 5) is 0. The molecule has 0 atom stereocenters. The number of rotatable bonds is 5. The first kappa shape index (κ1) is 20.2. The average molecular weight is 393 g/mol. The molecule has 1 heteroatoms. The second-order valence-corrected chi connectivity index (χ2v) is 12.0. The first-order valence-electron chi connectivity index (χ1n) is 11.7. The zero-order chi connectivity index (χ0) is 19.3. The van der Waals surface area contributed by atoms with Gasteiger partial charge in [-0.1, -0.05) is 109 Å². The van der Waals surface area contributed by atoms with Crippen LogP contribution in [0.4, 0.5) is 0 Å². The van der Waals surface area contributed by atoms with Gasteiger partial charge in [0, 0.05) is 0 Å². The minimum absolute atomic E-state index is 0.0682. The van der Waals surface area contributed by atoms with Gasteiger partial charge in [0.05, 0.1) is 0 Å². The molecule has 2 aromatic carbocycles. The van der Waals surface area contributed by atoms with Crippen LogP contribution in [0.2, 0.25) is 0 Å². The Morgan fingerprint density at radius 2 is 1.14 bits per heavy atom. The number of hydrogen-bond acceptors (Lipinski definition) is 0. The molecule has 0 spiro atoms. The Kier molecular flexibility index (Phi) is 6.90. The zero-order valence-corrected chi connectivity index (χ0v) is 18.8. The molecule has 2 aliphatic rings. The molecule has 0 heterocycles. The average Bonchev–Trinajstić information content (AvgIpc) is 2.76. The van der Waals surface area contributed by atoms with Crippen molar-refractivity contribution in [1.29, 1.82) is 0 Å². The fourth-order valence-electron chi connectivity index (χ4n) is 5.58. The van der Waals surface area contributed by atoms with Crippen LogP contribution in [0.3, 0.4) is 0 Å². The summed E-state index contributed by atoms with van der Waals surface area (Å²) >= 11 is 0. The van der Waals surface area contributed by atoms with Crippen LogP contribution in [-0.4, -0.2) is 11.3 Å². The summed E-state index contributed by atoms with van der Waals surface area (Å²) in [6.07, 6.45) is 14.7. The van der Waals surface area contributed by atoms with Gasteiger partial charge in [0.1, 0.15) is 0 Å². The Labute approximate surface area is 173 Å². The third-order valence-corrected chi connectivity index (χ3v) is 10.5. The molecule has 0 saturated heterocycles. The summed E-state index contributed by atoms with van der Waals surface area (Å²) < 4.78 is 0. The number of benzene rings is 2.